The summed E-state index contributed by atoms with van der Waals surface area (Å²) in [5.74, 6) is 5.01. The number of hydrogen-bond acceptors (Lipinski definition) is 7. The molecular weight excluding hydrogens is 260 g/mol. The number of rotatable bonds is 4. The first-order chi connectivity index (χ1) is 8.51. The molecule has 0 aromatic carbocycles. The average Bonchev–Trinajstić information content (AvgIpc) is 2.74. The Kier molecular flexibility index (Phi) is 3.41. The van der Waals surface area contributed by atoms with Crippen LogP contribution in [0.2, 0.25) is 0 Å². The molecule has 10 heteroatoms. The highest BCUT2D eigenvalue weighted by molar-refractivity contribution is 7.89. The number of nitrogen functional groups attached to an aromatic ring is 1. The third kappa shape index (κ3) is 2.72. The van der Waals surface area contributed by atoms with Crippen LogP contribution in [0, 0.1) is 0 Å². The van der Waals surface area contributed by atoms with Gasteiger partial charge >= 0.3 is 0 Å². The SMILES string of the molecule is NNc1ncc(S(=O)(=O)NC2CNC(=O)C2)cn1. The van der Waals surface area contributed by atoms with Crippen LogP contribution in [0.4, 0.5) is 5.95 Å². The zero-order chi connectivity index (χ0) is 13.2. The molecular formula is C8H12N6O3S. The minimum Gasteiger partial charge on any atom is -0.354 e. The number of nitrogens with one attached hydrogen (secondary N) is 3. The Balaban J connectivity index is 2.12. The van der Waals surface area contributed by atoms with Crippen molar-refractivity contribution in [1.29, 1.82) is 0 Å². The van der Waals surface area contributed by atoms with E-state index in [1.165, 1.54) is 0 Å². The van der Waals surface area contributed by atoms with Gasteiger partial charge in [-0.15, -0.1) is 0 Å². The average molecular weight is 272 g/mol. The summed E-state index contributed by atoms with van der Waals surface area (Å²) < 4.78 is 26.2. The number of hydrazine groups is 1. The van der Waals surface area contributed by atoms with Crippen molar-refractivity contribution in [2.24, 2.45) is 5.84 Å². The van der Waals surface area contributed by atoms with E-state index >= 15 is 0 Å². The number of carbonyl (C=O) groups is 1. The fraction of sp³-hybridized carbons (Fsp3) is 0.375. The first-order valence-electron chi connectivity index (χ1n) is 5.09. The van der Waals surface area contributed by atoms with Crippen LogP contribution in [0.3, 0.4) is 0 Å². The summed E-state index contributed by atoms with van der Waals surface area (Å²) in [6.45, 7) is 0.279. The van der Waals surface area contributed by atoms with Gasteiger partial charge in [0, 0.05) is 19.0 Å². The number of hydrogen-bond donors (Lipinski definition) is 4. The highest BCUT2D eigenvalue weighted by atomic mass is 32.2. The van der Waals surface area contributed by atoms with Gasteiger partial charge in [0.1, 0.15) is 4.90 Å². The molecule has 1 aliphatic rings. The lowest BCUT2D eigenvalue weighted by Gasteiger charge is -2.10. The van der Waals surface area contributed by atoms with Gasteiger partial charge in [-0.1, -0.05) is 0 Å². The van der Waals surface area contributed by atoms with Crippen LogP contribution in [0.15, 0.2) is 17.3 Å². The third-order valence-electron chi connectivity index (χ3n) is 2.37. The molecule has 98 valence electrons. The summed E-state index contributed by atoms with van der Waals surface area (Å²) in [7, 11) is -3.73. The van der Waals surface area contributed by atoms with E-state index in [4.69, 9.17) is 5.84 Å². The molecule has 1 aromatic rings. The monoisotopic (exact) mass is 272 g/mol. The van der Waals surface area contributed by atoms with Gasteiger partial charge < -0.3 is 5.32 Å². The van der Waals surface area contributed by atoms with E-state index in [1.54, 1.807) is 0 Å². The molecule has 1 amide bonds. The summed E-state index contributed by atoms with van der Waals surface area (Å²) in [6, 6.07) is -0.449. The Morgan fingerprint density at radius 2 is 2.06 bits per heavy atom. The molecule has 0 radical (unpaired) electrons. The summed E-state index contributed by atoms with van der Waals surface area (Å²) in [5, 5.41) is 2.54. The van der Waals surface area contributed by atoms with Gasteiger partial charge in [-0.25, -0.2) is 29.0 Å². The fourth-order valence-electron chi connectivity index (χ4n) is 1.51. The van der Waals surface area contributed by atoms with E-state index in [9.17, 15) is 13.2 Å². The number of anilines is 1. The van der Waals surface area contributed by atoms with Crippen LogP contribution < -0.4 is 21.3 Å². The van der Waals surface area contributed by atoms with Gasteiger partial charge in [-0.2, -0.15) is 0 Å². The topological polar surface area (TPSA) is 139 Å². The molecule has 2 heterocycles. The van der Waals surface area contributed by atoms with E-state index in [-0.39, 0.29) is 29.7 Å². The smallest absolute Gasteiger partial charge is 0.243 e. The second-order valence-electron chi connectivity index (χ2n) is 3.71. The molecule has 1 fully saturated rings. The van der Waals surface area contributed by atoms with Crippen LogP contribution in [0.1, 0.15) is 6.42 Å². The molecule has 1 unspecified atom stereocenters. The summed E-state index contributed by atoms with van der Waals surface area (Å²) >= 11 is 0. The predicted octanol–water partition coefficient (Wildman–Crippen LogP) is -2.07. The zero-order valence-electron chi connectivity index (χ0n) is 9.25. The molecule has 18 heavy (non-hydrogen) atoms. The van der Waals surface area contributed by atoms with E-state index in [1.807, 2.05) is 0 Å². The molecule has 0 spiro atoms. The highest BCUT2D eigenvalue weighted by Gasteiger charge is 2.27. The maximum absolute atomic E-state index is 11.9. The predicted molar refractivity (Wildman–Crippen MR) is 61.6 cm³/mol. The zero-order valence-corrected chi connectivity index (χ0v) is 10.1. The van der Waals surface area contributed by atoms with Crippen LogP contribution >= 0.6 is 0 Å². The minimum absolute atomic E-state index is 0.0825. The van der Waals surface area contributed by atoms with Crippen LogP contribution in [0.5, 0.6) is 0 Å². The van der Waals surface area contributed by atoms with Gasteiger partial charge in [0.05, 0.1) is 12.4 Å². The van der Waals surface area contributed by atoms with Crippen molar-refractivity contribution in [1.82, 2.24) is 20.0 Å². The van der Waals surface area contributed by atoms with Crippen molar-refractivity contribution in [3.8, 4) is 0 Å². The Hall–Kier alpha value is -1.78. The highest BCUT2D eigenvalue weighted by Crippen LogP contribution is 2.10. The normalized spacial score (nSPS) is 19.6. The third-order valence-corrected chi connectivity index (χ3v) is 3.84. The molecule has 5 N–H and O–H groups in total. The van der Waals surface area contributed by atoms with Gasteiger partial charge in [0.25, 0.3) is 0 Å². The molecule has 9 nitrogen and oxygen atoms in total. The Morgan fingerprint density at radius 1 is 1.39 bits per heavy atom. The van der Waals surface area contributed by atoms with E-state index in [0.717, 1.165) is 12.4 Å². The second-order valence-corrected chi connectivity index (χ2v) is 5.43. The number of aromatic nitrogens is 2. The van der Waals surface area contributed by atoms with Crippen LogP contribution in [-0.2, 0) is 14.8 Å². The van der Waals surface area contributed by atoms with Crippen LogP contribution in [-0.4, -0.2) is 36.9 Å². The van der Waals surface area contributed by atoms with Crippen LogP contribution in [0.25, 0.3) is 0 Å². The number of sulfonamides is 1. The largest absolute Gasteiger partial charge is 0.354 e. The minimum atomic E-state index is -3.73. The van der Waals surface area contributed by atoms with E-state index < -0.39 is 16.1 Å². The summed E-state index contributed by atoms with van der Waals surface area (Å²) in [4.78, 5) is 18.3. The quantitative estimate of drug-likeness (QED) is 0.364. The standard InChI is InChI=1S/C8H12N6O3S/c9-13-8-11-3-6(4-12-8)18(16,17)14-5-1-7(15)10-2-5/h3-5,14H,1-2,9H2,(H,10,15)(H,11,12,13). The lowest BCUT2D eigenvalue weighted by molar-refractivity contribution is -0.119. The molecule has 1 aliphatic heterocycles. The summed E-state index contributed by atoms with van der Waals surface area (Å²) in [6.07, 6.45) is 2.39. The number of carbonyl (C=O) groups excluding carboxylic acids is 1. The lowest BCUT2D eigenvalue weighted by Crippen LogP contribution is -2.36. The first-order valence-corrected chi connectivity index (χ1v) is 6.57. The second kappa shape index (κ2) is 4.84. The number of amides is 1. The van der Waals surface area contributed by atoms with E-state index in [2.05, 4.69) is 25.4 Å². The van der Waals surface area contributed by atoms with Crippen molar-refractivity contribution in [2.75, 3.05) is 12.0 Å². The maximum Gasteiger partial charge on any atom is 0.243 e. The maximum atomic E-state index is 11.9. The molecule has 1 saturated heterocycles. The van der Waals surface area contributed by atoms with Gasteiger partial charge in [0.15, 0.2) is 0 Å². The molecule has 0 saturated carbocycles. The summed E-state index contributed by atoms with van der Waals surface area (Å²) in [5.41, 5.74) is 2.19. The number of nitrogens with two attached hydrogens (primary N) is 1. The van der Waals surface area contributed by atoms with Gasteiger partial charge in [-0.05, 0) is 0 Å². The van der Waals surface area contributed by atoms with Gasteiger partial charge in [-0.3, -0.25) is 10.2 Å². The van der Waals surface area contributed by atoms with Crippen molar-refractivity contribution in [3.05, 3.63) is 12.4 Å². The van der Waals surface area contributed by atoms with Crippen molar-refractivity contribution < 1.29 is 13.2 Å². The van der Waals surface area contributed by atoms with Crippen molar-refractivity contribution in [3.63, 3.8) is 0 Å². The van der Waals surface area contributed by atoms with E-state index in [0.29, 0.717) is 0 Å². The molecule has 0 aliphatic carbocycles. The number of nitrogens with zero attached hydrogens (tertiary/aromatic N) is 2. The van der Waals surface area contributed by atoms with Crippen molar-refractivity contribution in [2.45, 2.75) is 17.4 Å². The molecule has 2 rings (SSSR count). The van der Waals surface area contributed by atoms with Gasteiger partial charge in [0.2, 0.25) is 21.9 Å². The molecule has 0 bridgehead atoms. The fourth-order valence-corrected chi connectivity index (χ4v) is 2.63. The van der Waals surface area contributed by atoms with Crippen molar-refractivity contribution >= 4 is 21.9 Å². The Labute approximate surface area is 103 Å². The Morgan fingerprint density at radius 3 is 2.56 bits per heavy atom. The molecule has 1 atom stereocenters. The Bertz CT molecular complexity index is 542. The first kappa shape index (κ1) is 12.7. The molecule has 1 aromatic heterocycles. The lowest BCUT2D eigenvalue weighted by atomic mass is 10.3.